The minimum absolute atomic E-state index is 0.851. The third-order valence-electron chi connectivity index (χ3n) is 4.23. The number of benzene rings is 2. The Labute approximate surface area is 134 Å². The molecule has 0 spiro atoms. The maximum Gasteiger partial charge on any atom is 0.119 e. The van der Waals surface area contributed by atoms with Crippen molar-refractivity contribution in [2.24, 2.45) is 0 Å². The van der Waals surface area contributed by atoms with Gasteiger partial charge in [-0.3, -0.25) is 0 Å². The highest BCUT2D eigenvalue weighted by Gasteiger charge is 2.18. The van der Waals surface area contributed by atoms with Crippen LogP contribution in [-0.2, 0) is 6.54 Å². The quantitative estimate of drug-likeness (QED) is 0.774. The number of nitrogens with zero attached hydrogens (tertiary/aromatic N) is 1. The number of anilines is 2. The van der Waals surface area contributed by atoms with Crippen molar-refractivity contribution in [3.63, 3.8) is 0 Å². The van der Waals surface area contributed by atoms with E-state index in [1.807, 2.05) is 30.3 Å². The Morgan fingerprint density at radius 2 is 1.70 bits per heavy atom. The summed E-state index contributed by atoms with van der Waals surface area (Å²) in [4.78, 5) is 0. The lowest BCUT2D eigenvalue weighted by atomic mass is 10.2. The van der Waals surface area contributed by atoms with E-state index in [1.165, 1.54) is 16.6 Å². The predicted octanol–water partition coefficient (Wildman–Crippen LogP) is 4.43. The van der Waals surface area contributed by atoms with Gasteiger partial charge in [-0.05, 0) is 48.5 Å². The van der Waals surface area contributed by atoms with Crippen LogP contribution in [0.1, 0.15) is 5.69 Å². The van der Waals surface area contributed by atoms with Crippen LogP contribution in [-0.4, -0.2) is 18.8 Å². The highest BCUT2D eigenvalue weighted by Crippen LogP contribution is 2.38. The van der Waals surface area contributed by atoms with Gasteiger partial charge in [-0.1, -0.05) is 6.08 Å². The van der Waals surface area contributed by atoms with Gasteiger partial charge in [0.25, 0.3) is 0 Å². The maximum atomic E-state index is 5.39. The number of fused-ring (bicyclic) bond motifs is 3. The van der Waals surface area contributed by atoms with E-state index in [0.717, 1.165) is 29.4 Å². The van der Waals surface area contributed by atoms with Crippen molar-refractivity contribution in [3.8, 4) is 11.5 Å². The van der Waals surface area contributed by atoms with Crippen LogP contribution in [0.25, 0.3) is 17.0 Å². The molecule has 0 saturated carbocycles. The molecule has 116 valence electrons. The molecule has 0 unspecified atom stereocenters. The van der Waals surface area contributed by atoms with Gasteiger partial charge in [0.1, 0.15) is 11.5 Å². The van der Waals surface area contributed by atoms with Gasteiger partial charge in [0, 0.05) is 17.6 Å². The molecule has 0 atom stereocenters. The summed E-state index contributed by atoms with van der Waals surface area (Å²) in [6.45, 7) is 0.905. The summed E-state index contributed by atoms with van der Waals surface area (Å²) >= 11 is 0. The molecule has 4 nitrogen and oxygen atoms in total. The van der Waals surface area contributed by atoms with Crippen LogP contribution in [0.3, 0.4) is 0 Å². The second-order valence-corrected chi connectivity index (χ2v) is 5.51. The third kappa shape index (κ3) is 2.23. The van der Waals surface area contributed by atoms with Crippen LogP contribution >= 0.6 is 0 Å². The van der Waals surface area contributed by atoms with Crippen molar-refractivity contribution in [2.45, 2.75) is 6.54 Å². The second-order valence-electron chi connectivity index (χ2n) is 5.51. The van der Waals surface area contributed by atoms with Gasteiger partial charge < -0.3 is 19.4 Å². The van der Waals surface area contributed by atoms with E-state index < -0.39 is 0 Å². The highest BCUT2D eigenvalue weighted by atomic mass is 16.5. The molecule has 0 fully saturated rings. The lowest BCUT2D eigenvalue weighted by Crippen LogP contribution is -1.94. The molecule has 4 heteroatoms. The van der Waals surface area contributed by atoms with Crippen LogP contribution < -0.4 is 14.8 Å². The summed E-state index contributed by atoms with van der Waals surface area (Å²) in [6.07, 6.45) is 4.34. The van der Waals surface area contributed by atoms with Crippen molar-refractivity contribution < 1.29 is 9.47 Å². The standard InChI is InChI=1S/C19H18N2O2/c1-22-14-7-5-13(6-8-14)20-19-16-12-15(23-2)9-10-17(16)21-11-3-4-18(19)21/h3-10,12,20H,11H2,1-2H3. The molecule has 23 heavy (non-hydrogen) atoms. The maximum absolute atomic E-state index is 5.39. The van der Waals surface area contributed by atoms with Crippen LogP contribution in [0.4, 0.5) is 11.4 Å². The van der Waals surface area contributed by atoms with Gasteiger partial charge in [-0.15, -0.1) is 0 Å². The number of nitrogens with one attached hydrogen (secondary N) is 1. The molecule has 2 heterocycles. The van der Waals surface area contributed by atoms with Crippen molar-refractivity contribution in [3.05, 3.63) is 54.2 Å². The Bertz CT molecular complexity index is 892. The number of hydrogen-bond donors (Lipinski definition) is 1. The minimum Gasteiger partial charge on any atom is -0.497 e. The van der Waals surface area contributed by atoms with Gasteiger partial charge >= 0.3 is 0 Å². The lowest BCUT2D eigenvalue weighted by Gasteiger charge is -2.08. The monoisotopic (exact) mass is 306 g/mol. The van der Waals surface area contributed by atoms with Crippen LogP contribution in [0.5, 0.6) is 11.5 Å². The summed E-state index contributed by atoms with van der Waals surface area (Å²) in [5.74, 6) is 1.72. The highest BCUT2D eigenvalue weighted by molar-refractivity contribution is 6.01. The zero-order valence-corrected chi connectivity index (χ0v) is 13.2. The number of methoxy groups -OCH3 is 2. The molecule has 2 aromatic carbocycles. The molecule has 1 aromatic heterocycles. The fourth-order valence-electron chi connectivity index (χ4n) is 3.07. The van der Waals surface area contributed by atoms with Gasteiger partial charge in [0.2, 0.25) is 0 Å². The number of hydrogen-bond acceptors (Lipinski definition) is 3. The average molecular weight is 306 g/mol. The molecule has 0 radical (unpaired) electrons. The molecule has 3 aromatic rings. The van der Waals surface area contributed by atoms with Crippen molar-refractivity contribution in [1.82, 2.24) is 4.57 Å². The van der Waals surface area contributed by atoms with Crippen LogP contribution in [0, 0.1) is 0 Å². The molecule has 1 N–H and O–H groups in total. The molecule has 0 saturated heterocycles. The molecular weight excluding hydrogens is 288 g/mol. The first-order valence-electron chi connectivity index (χ1n) is 7.58. The van der Waals surface area contributed by atoms with Crippen molar-refractivity contribution in [1.29, 1.82) is 0 Å². The first-order valence-corrected chi connectivity index (χ1v) is 7.58. The fourth-order valence-corrected chi connectivity index (χ4v) is 3.07. The average Bonchev–Trinajstić information content (AvgIpc) is 3.18. The number of rotatable bonds is 4. The molecule has 1 aliphatic heterocycles. The van der Waals surface area contributed by atoms with E-state index >= 15 is 0 Å². The SMILES string of the molecule is COc1ccc(Nc2c3n(c4ccc(OC)cc24)CC=C3)cc1. The minimum atomic E-state index is 0.851. The van der Waals surface area contributed by atoms with Crippen molar-refractivity contribution in [2.75, 3.05) is 19.5 Å². The number of aromatic nitrogens is 1. The molecule has 0 bridgehead atoms. The van der Waals surface area contributed by atoms with E-state index in [4.69, 9.17) is 9.47 Å². The van der Waals surface area contributed by atoms with E-state index in [0.29, 0.717) is 0 Å². The van der Waals surface area contributed by atoms with Crippen LogP contribution in [0.2, 0.25) is 0 Å². The first kappa shape index (κ1) is 13.8. The van der Waals surface area contributed by atoms with Gasteiger partial charge in [0.05, 0.1) is 31.1 Å². The first-order chi connectivity index (χ1) is 11.3. The molecule has 1 aliphatic rings. The Kier molecular flexibility index (Phi) is 3.23. The molecular formula is C19H18N2O2. The fraction of sp³-hybridized carbons (Fsp3) is 0.158. The lowest BCUT2D eigenvalue weighted by molar-refractivity contribution is 0.415. The smallest absolute Gasteiger partial charge is 0.119 e. The zero-order valence-electron chi connectivity index (χ0n) is 13.2. The summed E-state index contributed by atoms with van der Waals surface area (Å²) in [7, 11) is 3.37. The van der Waals surface area contributed by atoms with E-state index in [2.05, 4.69) is 34.2 Å². The molecule has 4 rings (SSSR count). The second kappa shape index (κ2) is 5.39. The van der Waals surface area contributed by atoms with Crippen molar-refractivity contribution >= 4 is 28.4 Å². The summed E-state index contributed by atoms with van der Waals surface area (Å²) in [5.41, 5.74) is 4.55. The Balaban J connectivity index is 1.82. The predicted molar refractivity (Wildman–Crippen MR) is 93.8 cm³/mol. The summed E-state index contributed by atoms with van der Waals surface area (Å²) in [6, 6.07) is 14.2. The third-order valence-corrected chi connectivity index (χ3v) is 4.23. The Morgan fingerprint density at radius 1 is 0.957 bits per heavy atom. The van der Waals surface area contributed by atoms with Gasteiger partial charge in [-0.25, -0.2) is 0 Å². The van der Waals surface area contributed by atoms with Crippen LogP contribution in [0.15, 0.2) is 48.5 Å². The van der Waals surface area contributed by atoms with E-state index in [-0.39, 0.29) is 0 Å². The van der Waals surface area contributed by atoms with Gasteiger partial charge in [-0.2, -0.15) is 0 Å². The Hall–Kier alpha value is -2.88. The van der Waals surface area contributed by atoms with Gasteiger partial charge in [0.15, 0.2) is 0 Å². The van der Waals surface area contributed by atoms with E-state index in [9.17, 15) is 0 Å². The Morgan fingerprint density at radius 3 is 2.43 bits per heavy atom. The summed E-state index contributed by atoms with van der Waals surface area (Å²) < 4.78 is 12.9. The van der Waals surface area contributed by atoms with E-state index in [1.54, 1.807) is 14.2 Å². The normalized spacial score (nSPS) is 12.4. The topological polar surface area (TPSA) is 35.4 Å². The number of allylic oxidation sites excluding steroid dienone is 1. The molecule has 0 amide bonds. The molecule has 0 aliphatic carbocycles. The largest absolute Gasteiger partial charge is 0.497 e. The zero-order chi connectivity index (χ0) is 15.8. The summed E-state index contributed by atoms with van der Waals surface area (Å²) in [5, 5.41) is 4.71. The number of ether oxygens (including phenoxy) is 2.